The molecule has 2 aromatic rings. The van der Waals surface area contributed by atoms with Crippen molar-refractivity contribution in [3.05, 3.63) is 78.1 Å². The van der Waals surface area contributed by atoms with Crippen LogP contribution >= 0.6 is 11.6 Å². The molecule has 0 spiro atoms. The van der Waals surface area contributed by atoms with Gasteiger partial charge in [0.05, 0.1) is 37.5 Å². The Labute approximate surface area is 259 Å². The van der Waals surface area contributed by atoms with Crippen LogP contribution < -0.4 is 4.74 Å². The molecular weight excluding hydrogens is 626 g/mol. The second kappa shape index (κ2) is 13.8. The molecule has 3 aliphatic heterocycles. The Hall–Kier alpha value is -4.32. The molecule has 18 heteroatoms. The van der Waals surface area contributed by atoms with Crippen molar-refractivity contribution in [2.75, 3.05) is 19.8 Å². The minimum absolute atomic E-state index is 0.0635. The van der Waals surface area contributed by atoms with Crippen molar-refractivity contribution in [3.63, 3.8) is 0 Å². The van der Waals surface area contributed by atoms with Gasteiger partial charge in [0.25, 0.3) is 10.2 Å². The van der Waals surface area contributed by atoms with Gasteiger partial charge in [-0.15, -0.1) is 20.2 Å². The van der Waals surface area contributed by atoms with E-state index in [0.29, 0.717) is 16.3 Å². The second-order valence-corrected chi connectivity index (χ2v) is 11.0. The number of benzene rings is 1. The maximum Gasteiger partial charge on any atom is 0.514 e. The van der Waals surface area contributed by atoms with Crippen LogP contribution in [0.4, 0.5) is 4.79 Å². The number of rotatable bonds is 13. The molecule has 45 heavy (non-hydrogen) atoms. The summed E-state index contributed by atoms with van der Waals surface area (Å²) in [5.74, 6) is -2.86. The quantitative estimate of drug-likeness (QED) is 0.186. The van der Waals surface area contributed by atoms with Crippen LogP contribution in [0.2, 0.25) is 5.02 Å². The Morgan fingerprint density at radius 1 is 1.09 bits per heavy atom. The van der Waals surface area contributed by atoms with Crippen molar-refractivity contribution >= 4 is 23.7 Å². The number of hydrogen-bond acceptors (Lipinski definition) is 14. The van der Waals surface area contributed by atoms with E-state index in [2.05, 4.69) is 14.7 Å². The first-order chi connectivity index (χ1) is 21.5. The molecule has 2 fully saturated rings. The first kappa shape index (κ1) is 32.1. The van der Waals surface area contributed by atoms with E-state index in [1.54, 1.807) is 25.3 Å². The molecule has 1 aromatic heterocycles. The number of carboxylic acid groups (broad SMARTS) is 1. The van der Waals surface area contributed by atoms with Crippen LogP contribution in [0.1, 0.15) is 41.3 Å². The second-order valence-electron chi connectivity index (χ2n) is 10.6. The molecule has 17 nitrogen and oxygen atoms in total. The van der Waals surface area contributed by atoms with Gasteiger partial charge in [-0.05, 0) is 37.5 Å². The fraction of sp³-hybridized carbons (Fsp3) is 0.519. The van der Waals surface area contributed by atoms with Crippen molar-refractivity contribution in [2.24, 2.45) is 11.8 Å². The third-order valence-corrected chi connectivity index (χ3v) is 8.16. The summed E-state index contributed by atoms with van der Waals surface area (Å²) in [6.07, 6.45) is -4.05. The molecule has 0 bridgehead atoms. The van der Waals surface area contributed by atoms with Gasteiger partial charge in [-0.25, -0.2) is 4.79 Å². The SMILES string of the molecule is Cc1ncc2c(c1OC(=O)O[C@@H]1CO[C@@H]3[C@H]([C@H](CCC(CO[N+](=O)[O-])O[N+](=O)[O-])C(=O)O)CO[C@H]31)CO[C@H]2c1ccc(Cl)cc1. The lowest BCUT2D eigenvalue weighted by Gasteiger charge is -2.24. The summed E-state index contributed by atoms with van der Waals surface area (Å²) in [4.78, 5) is 59.3. The van der Waals surface area contributed by atoms with Crippen molar-refractivity contribution in [1.29, 1.82) is 0 Å². The van der Waals surface area contributed by atoms with Crippen LogP contribution in [0.3, 0.4) is 0 Å². The molecule has 0 saturated carbocycles. The van der Waals surface area contributed by atoms with Gasteiger partial charge in [-0.2, -0.15) is 0 Å². The number of ether oxygens (including phenoxy) is 5. The van der Waals surface area contributed by atoms with Crippen LogP contribution in [0, 0.1) is 39.0 Å². The average molecular weight is 654 g/mol. The van der Waals surface area contributed by atoms with E-state index < -0.39 is 71.3 Å². The van der Waals surface area contributed by atoms with E-state index in [9.17, 15) is 34.9 Å². The minimum atomic E-state index is -1.37. The van der Waals surface area contributed by atoms with Crippen LogP contribution in [0.15, 0.2) is 30.5 Å². The summed E-state index contributed by atoms with van der Waals surface area (Å²) in [6.45, 7) is 0.929. The fourth-order valence-electron chi connectivity index (χ4n) is 5.82. The van der Waals surface area contributed by atoms with E-state index in [4.69, 9.17) is 35.3 Å². The van der Waals surface area contributed by atoms with Gasteiger partial charge in [-0.3, -0.25) is 9.78 Å². The van der Waals surface area contributed by atoms with Crippen LogP contribution in [-0.2, 0) is 40.0 Å². The summed E-state index contributed by atoms with van der Waals surface area (Å²) >= 11 is 6.01. The molecular formula is C27H28ClN3O14. The maximum atomic E-state index is 12.9. The lowest BCUT2D eigenvalue weighted by molar-refractivity contribution is -0.790. The predicted octanol–water partition coefficient (Wildman–Crippen LogP) is 3.23. The number of carbonyl (C=O) groups is 2. The van der Waals surface area contributed by atoms with Crippen LogP contribution in [0.25, 0.3) is 0 Å². The number of hydrogen-bond donors (Lipinski definition) is 1. The number of halogens is 1. The highest BCUT2D eigenvalue weighted by Crippen LogP contribution is 2.42. The predicted molar refractivity (Wildman–Crippen MR) is 146 cm³/mol. The Balaban J connectivity index is 1.21. The number of nitrogens with zero attached hydrogens (tertiary/aromatic N) is 3. The van der Waals surface area contributed by atoms with E-state index in [-0.39, 0.29) is 38.4 Å². The zero-order valence-electron chi connectivity index (χ0n) is 23.6. The van der Waals surface area contributed by atoms with E-state index in [1.165, 1.54) is 0 Å². The third kappa shape index (κ3) is 7.33. The number of fused-ring (bicyclic) bond motifs is 2. The average Bonchev–Trinajstić information content (AvgIpc) is 3.70. The zero-order valence-corrected chi connectivity index (χ0v) is 24.4. The number of carboxylic acids is 1. The zero-order chi connectivity index (χ0) is 32.2. The van der Waals surface area contributed by atoms with Gasteiger partial charge in [0.2, 0.25) is 0 Å². The van der Waals surface area contributed by atoms with Gasteiger partial charge in [0, 0.05) is 28.3 Å². The summed E-state index contributed by atoms with van der Waals surface area (Å²) < 4.78 is 28.7. The van der Waals surface area contributed by atoms with Gasteiger partial charge in [-0.1, -0.05) is 23.7 Å². The van der Waals surface area contributed by atoms with Crippen molar-refractivity contribution in [1.82, 2.24) is 4.98 Å². The van der Waals surface area contributed by atoms with Gasteiger partial charge in [0.15, 0.2) is 11.9 Å². The smallest absolute Gasteiger partial charge is 0.481 e. The van der Waals surface area contributed by atoms with E-state index in [0.717, 1.165) is 11.1 Å². The number of aliphatic carboxylic acids is 1. The fourth-order valence-corrected chi connectivity index (χ4v) is 5.95. The normalized spacial score (nSPS) is 24.6. The Bertz CT molecular complexity index is 1440. The first-order valence-corrected chi connectivity index (χ1v) is 14.2. The Morgan fingerprint density at radius 3 is 2.51 bits per heavy atom. The van der Waals surface area contributed by atoms with Crippen LogP contribution in [0.5, 0.6) is 5.75 Å². The number of aromatic nitrogens is 1. The molecule has 2 saturated heterocycles. The van der Waals surface area contributed by atoms with Gasteiger partial charge in [0.1, 0.15) is 24.9 Å². The molecule has 4 heterocycles. The maximum absolute atomic E-state index is 12.9. The molecule has 5 rings (SSSR count). The summed E-state index contributed by atoms with van der Waals surface area (Å²) in [5, 5.41) is 29.5. The molecule has 1 unspecified atom stereocenters. The van der Waals surface area contributed by atoms with Crippen molar-refractivity contribution in [3.8, 4) is 5.75 Å². The Kier molecular flexibility index (Phi) is 9.81. The van der Waals surface area contributed by atoms with Crippen LogP contribution in [-0.4, -0.2) is 76.6 Å². The summed E-state index contributed by atoms with van der Waals surface area (Å²) in [5.41, 5.74) is 2.66. The number of pyridine rings is 1. The molecule has 242 valence electrons. The van der Waals surface area contributed by atoms with Crippen molar-refractivity contribution < 1.29 is 58.2 Å². The molecule has 7 atom stereocenters. The van der Waals surface area contributed by atoms with Gasteiger partial charge >= 0.3 is 12.1 Å². The summed E-state index contributed by atoms with van der Waals surface area (Å²) in [7, 11) is 0. The molecule has 3 aliphatic rings. The minimum Gasteiger partial charge on any atom is -0.481 e. The lowest BCUT2D eigenvalue weighted by atomic mass is 9.84. The molecule has 0 amide bonds. The van der Waals surface area contributed by atoms with Gasteiger partial charge < -0.3 is 38.5 Å². The molecule has 0 aliphatic carbocycles. The topological polar surface area (TPSA) is 218 Å². The number of carbonyl (C=O) groups excluding carboxylic acids is 1. The lowest BCUT2D eigenvalue weighted by Crippen LogP contribution is -2.37. The molecule has 1 N–H and O–H groups in total. The highest BCUT2D eigenvalue weighted by molar-refractivity contribution is 6.30. The van der Waals surface area contributed by atoms with E-state index in [1.807, 2.05) is 12.1 Å². The standard InChI is InChI=1S/C27H28ClN3O14/c1-13-22(20-11-39-23(18(20)8-29-13)14-2-4-15(28)5-3-14)44-27(34)43-21-12-41-24-19(10-40-25(21)24)17(26(32)33)7-6-16(45-31(37)38)9-42-30(35)36/h2-5,8,16-17,19,21,23-25H,6-7,9-12H2,1H3,(H,32,33)/t16?,17-,19-,21+,23-,24+,25-/m0/s1. The monoisotopic (exact) mass is 653 g/mol. The largest absolute Gasteiger partial charge is 0.514 e. The third-order valence-electron chi connectivity index (χ3n) is 7.91. The molecule has 1 aromatic carbocycles. The van der Waals surface area contributed by atoms with Crippen molar-refractivity contribution in [2.45, 2.75) is 56.9 Å². The summed E-state index contributed by atoms with van der Waals surface area (Å²) in [6, 6.07) is 7.16. The highest BCUT2D eigenvalue weighted by atomic mass is 35.5. The number of aryl methyl sites for hydroxylation is 1. The highest BCUT2D eigenvalue weighted by Gasteiger charge is 2.53. The first-order valence-electron chi connectivity index (χ1n) is 13.8. The van der Waals surface area contributed by atoms with E-state index >= 15 is 0 Å². The molecule has 0 radical (unpaired) electrons. The Morgan fingerprint density at radius 2 is 1.82 bits per heavy atom.